The number of hydrogen-bond acceptors (Lipinski definition) is 1. The van der Waals surface area contributed by atoms with E-state index in [2.05, 4.69) is 6.08 Å². The summed E-state index contributed by atoms with van der Waals surface area (Å²) in [6.45, 7) is 0. The van der Waals surface area contributed by atoms with Crippen molar-refractivity contribution in [1.82, 2.24) is 0 Å². The number of rotatable bonds is 3. The van der Waals surface area contributed by atoms with Crippen LogP contribution in [0.25, 0.3) is 0 Å². The maximum absolute atomic E-state index is 10.1. The number of carboxylic acids is 1. The van der Waals surface area contributed by atoms with Crippen molar-refractivity contribution in [1.29, 1.82) is 0 Å². The van der Waals surface area contributed by atoms with Gasteiger partial charge in [-0.3, -0.25) is 4.79 Å². The first-order valence-corrected chi connectivity index (χ1v) is 3.36. The molecule has 2 heteroatoms. The van der Waals surface area contributed by atoms with Crippen LogP contribution < -0.4 is 0 Å². The van der Waals surface area contributed by atoms with Crippen molar-refractivity contribution >= 4 is 5.97 Å². The fraction of sp³-hybridized carbons (Fsp3) is 0.375. The van der Waals surface area contributed by atoms with Gasteiger partial charge in [0, 0.05) is 6.42 Å². The molecule has 0 unspecified atom stereocenters. The highest BCUT2D eigenvalue weighted by molar-refractivity contribution is 5.67. The summed E-state index contributed by atoms with van der Waals surface area (Å²) < 4.78 is 0. The number of allylic oxidation sites excluding steroid dienone is 4. The summed E-state index contributed by atoms with van der Waals surface area (Å²) in [4.78, 5) is 10.1. The van der Waals surface area contributed by atoms with Crippen molar-refractivity contribution < 1.29 is 9.90 Å². The second-order valence-corrected chi connectivity index (χ2v) is 2.31. The molecule has 0 aliphatic heterocycles. The number of aliphatic carboxylic acids is 1. The van der Waals surface area contributed by atoms with Gasteiger partial charge in [0.2, 0.25) is 0 Å². The molecule has 0 saturated heterocycles. The summed E-state index contributed by atoms with van der Waals surface area (Å²) in [6, 6.07) is 0. The predicted octanol–water partition coefficient (Wildman–Crippen LogP) is 1.74. The molecule has 0 atom stereocenters. The van der Waals surface area contributed by atoms with Crippen LogP contribution in [0.2, 0.25) is 0 Å². The second-order valence-electron chi connectivity index (χ2n) is 2.31. The highest BCUT2D eigenvalue weighted by Gasteiger charge is 2.00. The van der Waals surface area contributed by atoms with E-state index in [1.54, 1.807) is 0 Å². The van der Waals surface area contributed by atoms with E-state index < -0.39 is 5.97 Å². The van der Waals surface area contributed by atoms with Crippen LogP contribution in [0, 0.1) is 0 Å². The fourth-order valence-electron chi connectivity index (χ4n) is 0.944. The lowest BCUT2D eigenvalue weighted by Crippen LogP contribution is -1.93. The Labute approximate surface area is 59.9 Å². The summed E-state index contributed by atoms with van der Waals surface area (Å²) in [5, 5.41) is 8.32. The van der Waals surface area contributed by atoms with Gasteiger partial charge in [-0.2, -0.15) is 0 Å². The molecule has 0 bridgehead atoms. The third-order valence-electron chi connectivity index (χ3n) is 1.48. The molecule has 0 spiro atoms. The van der Waals surface area contributed by atoms with Gasteiger partial charge in [-0.1, -0.05) is 23.8 Å². The standard InChI is InChI=1S/C8H10O2/c9-8(10)6-5-7-3-1-2-4-7/h1,3-4H,2,5-6H2,(H,9,10). The van der Waals surface area contributed by atoms with Gasteiger partial charge >= 0.3 is 5.97 Å². The van der Waals surface area contributed by atoms with Gasteiger partial charge in [0.05, 0.1) is 0 Å². The molecule has 1 aliphatic rings. The lowest BCUT2D eigenvalue weighted by atomic mass is 10.1. The molecule has 2 nitrogen and oxygen atoms in total. The molecule has 0 radical (unpaired) electrons. The van der Waals surface area contributed by atoms with E-state index >= 15 is 0 Å². The van der Waals surface area contributed by atoms with E-state index in [1.807, 2.05) is 12.2 Å². The third-order valence-corrected chi connectivity index (χ3v) is 1.48. The third kappa shape index (κ3) is 2.05. The Kier molecular flexibility index (Phi) is 2.26. The quantitative estimate of drug-likeness (QED) is 0.645. The summed E-state index contributed by atoms with van der Waals surface area (Å²) in [5.41, 5.74) is 1.16. The molecule has 0 aromatic carbocycles. The van der Waals surface area contributed by atoms with Gasteiger partial charge in [0.1, 0.15) is 0 Å². The lowest BCUT2D eigenvalue weighted by molar-refractivity contribution is -0.136. The summed E-state index contributed by atoms with van der Waals surface area (Å²) in [5.74, 6) is -0.721. The largest absolute Gasteiger partial charge is 0.481 e. The molecule has 0 aromatic rings. The van der Waals surface area contributed by atoms with E-state index in [1.165, 1.54) is 0 Å². The Hall–Kier alpha value is -1.05. The van der Waals surface area contributed by atoms with Crippen molar-refractivity contribution in [3.8, 4) is 0 Å². The van der Waals surface area contributed by atoms with Crippen LogP contribution in [0.4, 0.5) is 0 Å². The Balaban J connectivity index is 2.26. The first kappa shape index (κ1) is 7.06. The maximum Gasteiger partial charge on any atom is 0.303 e. The molecule has 1 rings (SSSR count). The van der Waals surface area contributed by atoms with Gasteiger partial charge in [-0.25, -0.2) is 0 Å². The van der Waals surface area contributed by atoms with Crippen molar-refractivity contribution in [2.24, 2.45) is 0 Å². The average molecular weight is 138 g/mol. The zero-order valence-corrected chi connectivity index (χ0v) is 5.71. The van der Waals surface area contributed by atoms with E-state index in [-0.39, 0.29) is 6.42 Å². The minimum absolute atomic E-state index is 0.246. The zero-order valence-electron chi connectivity index (χ0n) is 5.71. The van der Waals surface area contributed by atoms with Crippen molar-refractivity contribution in [2.45, 2.75) is 19.3 Å². The van der Waals surface area contributed by atoms with Crippen LogP contribution in [0.15, 0.2) is 23.8 Å². The van der Waals surface area contributed by atoms with Crippen molar-refractivity contribution in [2.75, 3.05) is 0 Å². The van der Waals surface area contributed by atoms with E-state index in [0.717, 1.165) is 12.0 Å². The molecule has 1 aliphatic carbocycles. The second kappa shape index (κ2) is 3.20. The first-order valence-electron chi connectivity index (χ1n) is 3.36. The monoisotopic (exact) mass is 138 g/mol. The SMILES string of the molecule is O=C(O)CCC1=CCC=C1. The van der Waals surface area contributed by atoms with Crippen molar-refractivity contribution in [3.05, 3.63) is 23.8 Å². The van der Waals surface area contributed by atoms with Crippen LogP contribution in [-0.2, 0) is 4.79 Å². The molecule has 54 valence electrons. The average Bonchev–Trinajstić information content (AvgIpc) is 2.34. The van der Waals surface area contributed by atoms with Gasteiger partial charge in [0.15, 0.2) is 0 Å². The van der Waals surface area contributed by atoms with E-state index in [4.69, 9.17) is 5.11 Å². The molecule has 0 aromatic heterocycles. The van der Waals surface area contributed by atoms with Gasteiger partial charge in [0.25, 0.3) is 0 Å². The highest BCUT2D eigenvalue weighted by Crippen LogP contribution is 2.13. The summed E-state index contributed by atoms with van der Waals surface area (Å²) in [7, 11) is 0. The van der Waals surface area contributed by atoms with Crippen LogP contribution in [-0.4, -0.2) is 11.1 Å². The van der Waals surface area contributed by atoms with Crippen LogP contribution in [0.1, 0.15) is 19.3 Å². The molecule has 1 N–H and O–H groups in total. The molecule has 0 amide bonds. The van der Waals surface area contributed by atoms with Gasteiger partial charge in [-0.15, -0.1) is 0 Å². The Morgan fingerprint density at radius 1 is 1.70 bits per heavy atom. The zero-order chi connectivity index (χ0) is 7.40. The molecule has 10 heavy (non-hydrogen) atoms. The Morgan fingerprint density at radius 2 is 2.50 bits per heavy atom. The Bertz CT molecular complexity index is 189. The van der Waals surface area contributed by atoms with Crippen molar-refractivity contribution in [3.63, 3.8) is 0 Å². The fourth-order valence-corrected chi connectivity index (χ4v) is 0.944. The molecular weight excluding hydrogens is 128 g/mol. The minimum atomic E-state index is -0.721. The summed E-state index contributed by atoms with van der Waals surface area (Å²) in [6.07, 6.45) is 7.97. The number of hydrogen-bond donors (Lipinski definition) is 1. The van der Waals surface area contributed by atoms with E-state index in [9.17, 15) is 4.79 Å². The molecular formula is C8H10O2. The number of carboxylic acid groups (broad SMARTS) is 1. The normalized spacial score (nSPS) is 15.4. The topological polar surface area (TPSA) is 37.3 Å². The number of carbonyl (C=O) groups is 1. The molecule has 0 heterocycles. The molecule has 0 fully saturated rings. The lowest BCUT2D eigenvalue weighted by Gasteiger charge is -1.93. The van der Waals surface area contributed by atoms with Crippen LogP contribution in [0.3, 0.4) is 0 Å². The summed E-state index contributed by atoms with van der Waals surface area (Å²) >= 11 is 0. The minimum Gasteiger partial charge on any atom is -0.481 e. The smallest absolute Gasteiger partial charge is 0.303 e. The maximum atomic E-state index is 10.1. The van der Waals surface area contributed by atoms with Gasteiger partial charge < -0.3 is 5.11 Å². The predicted molar refractivity (Wildman–Crippen MR) is 38.7 cm³/mol. The highest BCUT2D eigenvalue weighted by atomic mass is 16.4. The van der Waals surface area contributed by atoms with E-state index in [0.29, 0.717) is 6.42 Å². The van der Waals surface area contributed by atoms with Crippen LogP contribution >= 0.6 is 0 Å². The van der Waals surface area contributed by atoms with Gasteiger partial charge in [-0.05, 0) is 12.8 Å². The van der Waals surface area contributed by atoms with Crippen LogP contribution in [0.5, 0.6) is 0 Å². The first-order chi connectivity index (χ1) is 4.79. The Morgan fingerprint density at radius 3 is 3.00 bits per heavy atom. The molecule has 0 saturated carbocycles.